The van der Waals surface area contributed by atoms with E-state index >= 15 is 0 Å². The Morgan fingerprint density at radius 2 is 1.84 bits per heavy atom. The number of methoxy groups -OCH3 is 1. The number of benzene rings is 2. The first kappa shape index (κ1) is 18.4. The van der Waals surface area contributed by atoms with Crippen LogP contribution in [0.2, 0.25) is 0 Å². The maximum atomic E-state index is 12.8. The Bertz CT molecular complexity index is 734. The largest absolute Gasteiger partial charge is 0.497 e. The molecule has 2 aromatic rings. The Labute approximate surface area is 144 Å². The summed E-state index contributed by atoms with van der Waals surface area (Å²) in [5.74, 6) is -0.795. The lowest BCUT2D eigenvalue weighted by atomic mass is 10.2. The monoisotopic (exact) mass is 346 g/mol. The highest BCUT2D eigenvalue weighted by molar-refractivity contribution is 5.95. The van der Waals surface area contributed by atoms with Gasteiger partial charge in [0.15, 0.2) is 0 Å². The van der Waals surface area contributed by atoms with Crippen molar-refractivity contribution < 1.29 is 23.5 Å². The van der Waals surface area contributed by atoms with Crippen LogP contribution in [-0.4, -0.2) is 25.0 Å². The number of carbonyl (C=O) groups is 2. The molecule has 0 aliphatic rings. The van der Waals surface area contributed by atoms with Crippen molar-refractivity contribution in [1.29, 1.82) is 0 Å². The zero-order chi connectivity index (χ0) is 18.2. The summed E-state index contributed by atoms with van der Waals surface area (Å²) >= 11 is 0. The molecular weight excluding hydrogens is 327 g/mol. The Morgan fingerprint density at radius 3 is 2.52 bits per heavy atom. The van der Waals surface area contributed by atoms with Crippen LogP contribution in [0.25, 0.3) is 0 Å². The van der Waals surface area contributed by atoms with Crippen molar-refractivity contribution in [2.75, 3.05) is 7.11 Å². The number of ether oxygens (including phenoxy) is 2. The first-order valence-corrected chi connectivity index (χ1v) is 7.60. The predicted octanol–water partition coefficient (Wildman–Crippen LogP) is 2.20. The zero-order valence-electron chi connectivity index (χ0n) is 13.9. The molecule has 2 aromatic carbocycles. The Balaban J connectivity index is 1.79. The average Bonchev–Trinajstić information content (AvgIpc) is 2.64. The fraction of sp³-hybridized carbons (Fsp3) is 0.222. The van der Waals surface area contributed by atoms with Gasteiger partial charge in [-0.3, -0.25) is 20.4 Å². The Kier molecular flexibility index (Phi) is 6.47. The number of nitrogens with one attached hydrogen (secondary N) is 2. The normalized spacial score (nSPS) is 11.5. The van der Waals surface area contributed by atoms with Crippen LogP contribution in [-0.2, 0) is 16.1 Å². The van der Waals surface area contributed by atoms with Gasteiger partial charge in [-0.25, -0.2) is 4.39 Å². The van der Waals surface area contributed by atoms with Gasteiger partial charge in [-0.1, -0.05) is 12.1 Å². The van der Waals surface area contributed by atoms with Crippen molar-refractivity contribution in [2.24, 2.45) is 0 Å². The van der Waals surface area contributed by atoms with E-state index in [0.29, 0.717) is 5.75 Å². The number of amides is 2. The summed E-state index contributed by atoms with van der Waals surface area (Å²) in [6.07, 6.45) is -0.778. The van der Waals surface area contributed by atoms with Crippen LogP contribution in [0.15, 0.2) is 48.5 Å². The lowest BCUT2D eigenvalue weighted by Gasteiger charge is -2.14. The smallest absolute Gasteiger partial charge is 0.269 e. The van der Waals surface area contributed by atoms with E-state index in [2.05, 4.69) is 10.9 Å². The van der Waals surface area contributed by atoms with Gasteiger partial charge in [0.25, 0.3) is 11.8 Å². The van der Waals surface area contributed by atoms with E-state index in [1.165, 1.54) is 12.1 Å². The van der Waals surface area contributed by atoms with Gasteiger partial charge in [0, 0.05) is 5.56 Å². The third-order valence-electron chi connectivity index (χ3n) is 3.41. The summed E-state index contributed by atoms with van der Waals surface area (Å²) in [6.45, 7) is 1.79. The van der Waals surface area contributed by atoms with Gasteiger partial charge in [0.1, 0.15) is 17.7 Å². The highest BCUT2D eigenvalue weighted by Crippen LogP contribution is 2.13. The van der Waals surface area contributed by atoms with Crippen LogP contribution < -0.4 is 15.6 Å². The second-order valence-corrected chi connectivity index (χ2v) is 5.26. The molecule has 0 heterocycles. The predicted molar refractivity (Wildman–Crippen MR) is 89.3 cm³/mol. The highest BCUT2D eigenvalue weighted by Gasteiger charge is 2.15. The quantitative estimate of drug-likeness (QED) is 0.786. The first-order chi connectivity index (χ1) is 12.0. The molecule has 2 N–H and O–H groups in total. The van der Waals surface area contributed by atoms with Gasteiger partial charge in [-0.15, -0.1) is 0 Å². The molecule has 132 valence electrons. The van der Waals surface area contributed by atoms with Crippen LogP contribution in [0.3, 0.4) is 0 Å². The van der Waals surface area contributed by atoms with E-state index in [9.17, 15) is 14.0 Å². The van der Waals surface area contributed by atoms with Crippen molar-refractivity contribution in [3.05, 3.63) is 65.5 Å². The molecule has 0 saturated carbocycles. The highest BCUT2D eigenvalue weighted by atomic mass is 19.1. The molecular formula is C18H19FN2O4. The number of rotatable bonds is 6. The van der Waals surface area contributed by atoms with Crippen molar-refractivity contribution in [1.82, 2.24) is 10.9 Å². The average molecular weight is 346 g/mol. The van der Waals surface area contributed by atoms with Gasteiger partial charge >= 0.3 is 0 Å². The van der Waals surface area contributed by atoms with Gasteiger partial charge in [-0.2, -0.15) is 0 Å². The lowest BCUT2D eigenvalue weighted by molar-refractivity contribution is -0.133. The fourth-order valence-corrected chi connectivity index (χ4v) is 1.95. The molecule has 0 bridgehead atoms. The van der Waals surface area contributed by atoms with E-state index in [4.69, 9.17) is 9.47 Å². The van der Waals surface area contributed by atoms with E-state index in [1.54, 1.807) is 20.1 Å². The minimum atomic E-state index is -0.778. The van der Waals surface area contributed by atoms with Crippen LogP contribution in [0.5, 0.6) is 5.75 Å². The number of carbonyl (C=O) groups excluding carboxylic acids is 2. The minimum Gasteiger partial charge on any atom is -0.497 e. The molecule has 25 heavy (non-hydrogen) atoms. The maximum absolute atomic E-state index is 12.8. The Hall–Kier alpha value is -2.93. The summed E-state index contributed by atoms with van der Waals surface area (Å²) in [7, 11) is 1.57. The van der Waals surface area contributed by atoms with Gasteiger partial charge in [-0.05, 0) is 48.9 Å². The third kappa shape index (κ3) is 5.58. The topological polar surface area (TPSA) is 76.7 Å². The molecule has 0 fully saturated rings. The Morgan fingerprint density at radius 1 is 1.12 bits per heavy atom. The molecule has 0 radical (unpaired) electrons. The van der Waals surface area contributed by atoms with Crippen LogP contribution in [0.4, 0.5) is 4.39 Å². The maximum Gasteiger partial charge on any atom is 0.269 e. The van der Waals surface area contributed by atoms with E-state index < -0.39 is 23.7 Å². The number of hydrogen-bond acceptors (Lipinski definition) is 4. The molecule has 1 unspecified atom stereocenters. The molecule has 7 heteroatoms. The minimum absolute atomic E-state index is 0.220. The van der Waals surface area contributed by atoms with Gasteiger partial charge < -0.3 is 9.47 Å². The third-order valence-corrected chi connectivity index (χ3v) is 3.41. The molecule has 1 atom stereocenters. The first-order valence-electron chi connectivity index (χ1n) is 7.60. The van der Waals surface area contributed by atoms with Crippen LogP contribution >= 0.6 is 0 Å². The SMILES string of the molecule is COc1cccc(COC(C)C(=O)NNC(=O)c2ccc(F)cc2)c1. The zero-order valence-corrected chi connectivity index (χ0v) is 13.9. The summed E-state index contributed by atoms with van der Waals surface area (Å²) in [5, 5.41) is 0. The molecule has 2 amide bonds. The van der Waals surface area contributed by atoms with Crippen molar-refractivity contribution in [2.45, 2.75) is 19.6 Å². The second-order valence-electron chi connectivity index (χ2n) is 5.26. The van der Waals surface area contributed by atoms with E-state index in [0.717, 1.165) is 17.7 Å². The molecule has 0 aliphatic carbocycles. The van der Waals surface area contributed by atoms with Crippen LogP contribution in [0, 0.1) is 5.82 Å². The summed E-state index contributed by atoms with van der Waals surface area (Å²) in [6, 6.07) is 12.3. The van der Waals surface area contributed by atoms with Crippen molar-refractivity contribution in [3.63, 3.8) is 0 Å². The molecule has 0 aliphatic heterocycles. The summed E-state index contributed by atoms with van der Waals surface area (Å²) in [5.41, 5.74) is 5.61. The standard InChI is InChI=1S/C18H19FN2O4/c1-12(25-11-13-4-3-5-16(10-13)24-2)17(22)20-21-18(23)14-6-8-15(19)9-7-14/h3-10,12H,11H2,1-2H3,(H,20,22)(H,21,23). The molecule has 0 saturated heterocycles. The number of halogens is 1. The second kappa shape index (κ2) is 8.79. The van der Waals surface area contributed by atoms with Gasteiger partial charge in [0.05, 0.1) is 13.7 Å². The van der Waals surface area contributed by atoms with Gasteiger partial charge in [0.2, 0.25) is 0 Å². The van der Waals surface area contributed by atoms with E-state index in [1.807, 2.05) is 18.2 Å². The lowest BCUT2D eigenvalue weighted by Crippen LogP contribution is -2.46. The molecule has 2 rings (SSSR count). The summed E-state index contributed by atoms with van der Waals surface area (Å²) in [4.78, 5) is 23.8. The molecule has 0 aromatic heterocycles. The summed E-state index contributed by atoms with van der Waals surface area (Å²) < 4.78 is 23.4. The molecule has 6 nitrogen and oxygen atoms in total. The fourth-order valence-electron chi connectivity index (χ4n) is 1.95. The number of hydrazine groups is 1. The van der Waals surface area contributed by atoms with Crippen molar-refractivity contribution >= 4 is 11.8 Å². The van der Waals surface area contributed by atoms with Crippen molar-refractivity contribution in [3.8, 4) is 5.75 Å². The van der Waals surface area contributed by atoms with E-state index in [-0.39, 0.29) is 12.2 Å². The number of hydrogen-bond donors (Lipinski definition) is 2. The molecule has 0 spiro atoms. The van der Waals surface area contributed by atoms with Crippen LogP contribution in [0.1, 0.15) is 22.8 Å².